The minimum atomic E-state index is -0.753. The van der Waals surface area contributed by atoms with E-state index in [-0.39, 0.29) is 17.9 Å². The van der Waals surface area contributed by atoms with Crippen LogP contribution >= 0.6 is 0 Å². The fraction of sp³-hybridized carbons (Fsp3) is 0.533. The van der Waals surface area contributed by atoms with Gasteiger partial charge in [-0.25, -0.2) is 0 Å². The molecule has 192 valence electrons. The molecule has 6 heteroatoms. The quantitative estimate of drug-likeness (QED) is 0.547. The van der Waals surface area contributed by atoms with E-state index in [1.54, 1.807) is 0 Å². The lowest BCUT2D eigenvalue weighted by atomic mass is 9.80. The lowest BCUT2D eigenvalue weighted by molar-refractivity contribution is -0.163. The summed E-state index contributed by atoms with van der Waals surface area (Å²) in [4.78, 5) is 31.9. The predicted octanol–water partition coefficient (Wildman–Crippen LogP) is 3.59. The van der Waals surface area contributed by atoms with E-state index in [0.29, 0.717) is 25.8 Å². The van der Waals surface area contributed by atoms with E-state index in [2.05, 4.69) is 40.5 Å². The Bertz CT molecular complexity index is 999. The van der Waals surface area contributed by atoms with Gasteiger partial charge in [-0.05, 0) is 62.6 Å². The summed E-state index contributed by atoms with van der Waals surface area (Å²) in [6.45, 7) is 4.00. The summed E-state index contributed by atoms with van der Waals surface area (Å²) in [6, 6.07) is 20.1. The molecule has 3 fully saturated rings. The number of ether oxygens (including phenoxy) is 1. The normalized spacial score (nSPS) is 24.3. The summed E-state index contributed by atoms with van der Waals surface area (Å²) in [5, 5.41) is 3.13. The van der Waals surface area contributed by atoms with Crippen LogP contribution in [0, 0.1) is 0 Å². The molecule has 1 spiro atoms. The highest BCUT2D eigenvalue weighted by Gasteiger charge is 2.54. The molecule has 1 N–H and O–H groups in total. The molecule has 5 rings (SSSR count). The van der Waals surface area contributed by atoms with Crippen molar-refractivity contribution < 1.29 is 14.3 Å². The van der Waals surface area contributed by atoms with Crippen LogP contribution in [0.1, 0.15) is 49.7 Å². The zero-order chi connectivity index (χ0) is 24.8. The van der Waals surface area contributed by atoms with E-state index in [1.807, 2.05) is 35.2 Å². The number of hydrogen-bond donors (Lipinski definition) is 1. The molecule has 0 bridgehead atoms. The first-order chi connectivity index (χ1) is 17.6. The smallest absolute Gasteiger partial charge is 0.246 e. The molecular formula is C30H39N3O3. The maximum atomic E-state index is 13.8. The third-order valence-corrected chi connectivity index (χ3v) is 8.22. The topological polar surface area (TPSA) is 61.9 Å². The highest BCUT2D eigenvalue weighted by atomic mass is 16.5. The molecule has 0 saturated carbocycles. The van der Waals surface area contributed by atoms with Crippen LogP contribution in [-0.4, -0.2) is 72.1 Å². The molecule has 3 heterocycles. The molecule has 3 aliphatic rings. The Balaban J connectivity index is 1.22. The summed E-state index contributed by atoms with van der Waals surface area (Å²) < 4.78 is 5.91. The van der Waals surface area contributed by atoms with Crippen LogP contribution < -0.4 is 5.32 Å². The number of carbonyl (C=O) groups excluding carboxylic acids is 2. The average molecular weight is 490 g/mol. The molecule has 3 saturated heterocycles. The zero-order valence-electron chi connectivity index (χ0n) is 21.2. The first kappa shape index (κ1) is 25.0. The van der Waals surface area contributed by atoms with Crippen molar-refractivity contribution in [2.45, 2.75) is 69.1 Å². The Labute approximate surface area is 215 Å². The Morgan fingerprint density at radius 1 is 0.917 bits per heavy atom. The van der Waals surface area contributed by atoms with Crippen molar-refractivity contribution in [2.75, 3.05) is 32.8 Å². The van der Waals surface area contributed by atoms with Crippen molar-refractivity contribution in [1.29, 1.82) is 0 Å². The summed E-state index contributed by atoms with van der Waals surface area (Å²) in [6.07, 6.45) is 7.33. The van der Waals surface area contributed by atoms with Gasteiger partial charge in [0.1, 0.15) is 11.6 Å². The Hall–Kier alpha value is -2.70. The number of benzene rings is 2. The summed E-state index contributed by atoms with van der Waals surface area (Å²) in [7, 11) is 0. The Morgan fingerprint density at radius 2 is 1.61 bits per heavy atom. The van der Waals surface area contributed by atoms with Gasteiger partial charge in [0.15, 0.2) is 0 Å². The van der Waals surface area contributed by atoms with Gasteiger partial charge in [-0.1, -0.05) is 60.7 Å². The minimum Gasteiger partial charge on any atom is -0.376 e. The monoisotopic (exact) mass is 489 g/mol. The molecule has 0 aliphatic carbocycles. The number of nitrogens with zero attached hydrogens (tertiary/aromatic N) is 2. The fourth-order valence-corrected chi connectivity index (χ4v) is 6.07. The lowest BCUT2D eigenvalue weighted by Crippen LogP contribution is -2.73. The van der Waals surface area contributed by atoms with Crippen LogP contribution in [0.15, 0.2) is 60.7 Å². The van der Waals surface area contributed by atoms with Crippen LogP contribution in [0.2, 0.25) is 0 Å². The number of piperidine rings is 1. The maximum absolute atomic E-state index is 13.8. The highest BCUT2D eigenvalue weighted by Crippen LogP contribution is 2.35. The molecule has 36 heavy (non-hydrogen) atoms. The SMILES string of the molecule is O=C1[C@H](Cc2ccccc2)NC(=O)C2(CCN(CCCCc3ccccc3)CC2)N1C[C@@H]1CCCO1. The number of likely N-dealkylation sites (tertiary alicyclic amines) is 1. The molecule has 2 amide bonds. The standard InChI is InChI=1S/C30H39N3O3/c34-28-27(22-25-13-5-2-6-14-25)31-29(35)30(33(28)23-26-15-9-21-36-26)16-19-32(20-17-30)18-8-7-12-24-10-3-1-4-11-24/h1-6,10-11,13-14,26-27H,7-9,12,15-23H2,(H,31,35)/t26-,27-/m0/s1. The number of nitrogens with one attached hydrogen (secondary N) is 1. The third kappa shape index (κ3) is 5.65. The van der Waals surface area contributed by atoms with Crippen LogP contribution in [0.3, 0.4) is 0 Å². The van der Waals surface area contributed by atoms with Gasteiger partial charge in [-0.2, -0.15) is 0 Å². The molecule has 2 aromatic rings. The molecule has 0 radical (unpaired) electrons. The van der Waals surface area contributed by atoms with Crippen molar-refractivity contribution in [3.05, 3.63) is 71.8 Å². The van der Waals surface area contributed by atoms with E-state index >= 15 is 0 Å². The van der Waals surface area contributed by atoms with Gasteiger partial charge < -0.3 is 19.9 Å². The van der Waals surface area contributed by atoms with Gasteiger partial charge in [0.2, 0.25) is 11.8 Å². The van der Waals surface area contributed by atoms with E-state index in [1.165, 1.54) is 5.56 Å². The molecule has 0 aromatic heterocycles. The van der Waals surface area contributed by atoms with Crippen molar-refractivity contribution in [1.82, 2.24) is 15.1 Å². The summed E-state index contributed by atoms with van der Waals surface area (Å²) in [5.74, 6) is 0.0648. The van der Waals surface area contributed by atoms with Gasteiger partial charge in [-0.15, -0.1) is 0 Å². The summed E-state index contributed by atoms with van der Waals surface area (Å²) >= 11 is 0. The van der Waals surface area contributed by atoms with Crippen LogP contribution in [0.5, 0.6) is 0 Å². The molecule has 6 nitrogen and oxygen atoms in total. The van der Waals surface area contributed by atoms with Gasteiger partial charge in [0.25, 0.3) is 0 Å². The molecule has 3 aliphatic heterocycles. The van der Waals surface area contributed by atoms with Crippen molar-refractivity contribution in [2.24, 2.45) is 0 Å². The van der Waals surface area contributed by atoms with E-state index < -0.39 is 11.6 Å². The second kappa shape index (κ2) is 11.6. The Morgan fingerprint density at radius 3 is 2.28 bits per heavy atom. The van der Waals surface area contributed by atoms with Crippen molar-refractivity contribution in [3.8, 4) is 0 Å². The van der Waals surface area contributed by atoms with Crippen LogP contribution in [0.25, 0.3) is 0 Å². The van der Waals surface area contributed by atoms with Gasteiger partial charge in [0, 0.05) is 32.7 Å². The lowest BCUT2D eigenvalue weighted by Gasteiger charge is -2.52. The number of piperazine rings is 1. The summed E-state index contributed by atoms with van der Waals surface area (Å²) in [5.41, 5.74) is 1.70. The van der Waals surface area contributed by atoms with E-state index in [4.69, 9.17) is 4.74 Å². The fourth-order valence-electron chi connectivity index (χ4n) is 6.07. The number of aryl methyl sites for hydroxylation is 1. The Kier molecular flexibility index (Phi) is 8.02. The van der Waals surface area contributed by atoms with Crippen LogP contribution in [-0.2, 0) is 27.2 Å². The van der Waals surface area contributed by atoms with Crippen LogP contribution in [0.4, 0.5) is 0 Å². The maximum Gasteiger partial charge on any atom is 0.246 e. The van der Waals surface area contributed by atoms with Gasteiger partial charge in [-0.3, -0.25) is 9.59 Å². The number of hydrogen-bond acceptors (Lipinski definition) is 4. The first-order valence-corrected chi connectivity index (χ1v) is 13.7. The number of rotatable bonds is 9. The van der Waals surface area contributed by atoms with Gasteiger partial charge >= 0.3 is 0 Å². The van der Waals surface area contributed by atoms with Crippen molar-refractivity contribution >= 4 is 11.8 Å². The predicted molar refractivity (Wildman–Crippen MR) is 141 cm³/mol. The van der Waals surface area contributed by atoms with Crippen molar-refractivity contribution in [3.63, 3.8) is 0 Å². The van der Waals surface area contributed by atoms with E-state index in [0.717, 1.165) is 63.9 Å². The molecule has 0 unspecified atom stereocenters. The van der Waals surface area contributed by atoms with Gasteiger partial charge in [0.05, 0.1) is 6.10 Å². The molecular weight excluding hydrogens is 450 g/mol. The average Bonchev–Trinajstić information content (AvgIpc) is 3.43. The number of amides is 2. The largest absolute Gasteiger partial charge is 0.376 e. The van der Waals surface area contributed by atoms with E-state index in [9.17, 15) is 9.59 Å². The number of unbranched alkanes of at least 4 members (excludes halogenated alkanes) is 1. The molecule has 2 atom stereocenters. The molecule has 2 aromatic carbocycles. The zero-order valence-corrected chi connectivity index (χ0v) is 21.2. The second-order valence-corrected chi connectivity index (χ2v) is 10.6. The third-order valence-electron chi connectivity index (χ3n) is 8.22. The first-order valence-electron chi connectivity index (χ1n) is 13.7. The second-order valence-electron chi connectivity index (χ2n) is 10.6. The minimum absolute atomic E-state index is 0.0183. The number of carbonyl (C=O) groups is 2. The highest BCUT2D eigenvalue weighted by molar-refractivity contribution is 6.00.